The van der Waals surface area contributed by atoms with Crippen molar-refractivity contribution >= 4 is 13.7 Å². The minimum absolute atomic E-state index is 0.167. The van der Waals surface area contributed by atoms with Crippen molar-refractivity contribution in [1.29, 1.82) is 0 Å². The Morgan fingerprint density at radius 3 is 1.89 bits per heavy atom. The molecule has 0 heterocycles. The van der Waals surface area contributed by atoms with E-state index in [0.29, 0.717) is 4.67 Å². The first-order valence-corrected chi connectivity index (χ1v) is 9.01. The summed E-state index contributed by atoms with van der Waals surface area (Å²) in [7, 11) is -4.03. The van der Waals surface area contributed by atoms with Crippen molar-refractivity contribution in [3.05, 3.63) is 59.4 Å². The fourth-order valence-corrected chi connectivity index (χ4v) is 3.51. The fourth-order valence-electron chi connectivity index (χ4n) is 1.91. The van der Waals surface area contributed by atoms with E-state index >= 15 is 0 Å². The van der Waals surface area contributed by atoms with Gasteiger partial charge < -0.3 is 14.2 Å². The fraction of sp³-hybridized carbons (Fsp3) is 0.188. The van der Waals surface area contributed by atoms with E-state index in [4.69, 9.17) is 9.63 Å². The SMILES string of the molecule is C[C@@H](C(=O)O)N(C)P(=O)(Oc1ccccc1)Oc1c(F)c(F)c(F)c(F)c1F. The first kappa shape index (κ1) is 21.6. The molecular formula is C16H13F5NO5P. The molecule has 0 saturated carbocycles. The Morgan fingerprint density at radius 2 is 1.43 bits per heavy atom. The summed E-state index contributed by atoms with van der Waals surface area (Å²) < 4.78 is 91.2. The van der Waals surface area contributed by atoms with Crippen LogP contribution in [0.5, 0.6) is 11.5 Å². The standard InChI is InChI=1S/C16H13F5NO5P/c1-8(16(23)24)22(2)28(25,26-9-6-4-3-5-7-9)27-15-13(20)11(18)10(17)12(19)14(15)21/h3-8H,1-2H3,(H,23,24)/t8-,28?/m0/s1. The topological polar surface area (TPSA) is 76.1 Å². The van der Waals surface area contributed by atoms with Crippen LogP contribution in [0.25, 0.3) is 0 Å². The van der Waals surface area contributed by atoms with Crippen LogP contribution in [-0.2, 0) is 9.36 Å². The van der Waals surface area contributed by atoms with E-state index in [1.54, 1.807) is 6.07 Å². The number of halogens is 5. The van der Waals surface area contributed by atoms with Crippen LogP contribution in [0.3, 0.4) is 0 Å². The molecule has 0 aromatic heterocycles. The number of para-hydroxylation sites is 1. The number of likely N-dealkylation sites (N-methyl/N-ethyl adjacent to an activating group) is 1. The number of carbonyl (C=O) groups is 1. The second kappa shape index (κ2) is 8.15. The van der Waals surface area contributed by atoms with Gasteiger partial charge in [-0.1, -0.05) is 18.2 Å². The maximum absolute atomic E-state index is 13.9. The molecule has 1 unspecified atom stereocenters. The zero-order chi connectivity index (χ0) is 21.2. The monoisotopic (exact) mass is 425 g/mol. The molecule has 0 spiro atoms. The number of benzene rings is 2. The Hall–Kier alpha value is -2.65. The number of hydrogen-bond acceptors (Lipinski definition) is 4. The zero-order valence-electron chi connectivity index (χ0n) is 14.3. The molecule has 6 nitrogen and oxygen atoms in total. The van der Waals surface area contributed by atoms with E-state index in [0.717, 1.165) is 14.0 Å². The largest absolute Gasteiger partial charge is 0.516 e. The van der Waals surface area contributed by atoms with Crippen molar-refractivity contribution in [3.63, 3.8) is 0 Å². The molecule has 12 heteroatoms. The maximum Gasteiger partial charge on any atom is 0.516 e. The average molecular weight is 425 g/mol. The number of carboxylic acid groups (broad SMARTS) is 1. The smallest absolute Gasteiger partial charge is 0.480 e. The van der Waals surface area contributed by atoms with E-state index in [9.17, 15) is 31.3 Å². The van der Waals surface area contributed by atoms with E-state index in [-0.39, 0.29) is 5.75 Å². The number of nitrogens with zero attached hydrogens (tertiary/aromatic N) is 1. The average Bonchev–Trinajstić information content (AvgIpc) is 2.67. The molecule has 0 aliphatic carbocycles. The molecule has 152 valence electrons. The maximum atomic E-state index is 13.9. The second-order valence-electron chi connectivity index (χ2n) is 5.45. The van der Waals surface area contributed by atoms with Crippen molar-refractivity contribution in [2.45, 2.75) is 13.0 Å². The van der Waals surface area contributed by atoms with Crippen molar-refractivity contribution in [1.82, 2.24) is 4.67 Å². The van der Waals surface area contributed by atoms with E-state index in [1.807, 2.05) is 0 Å². The predicted molar refractivity (Wildman–Crippen MR) is 86.4 cm³/mol. The molecular weight excluding hydrogens is 412 g/mol. The third kappa shape index (κ3) is 4.10. The van der Waals surface area contributed by atoms with Crippen molar-refractivity contribution in [3.8, 4) is 11.5 Å². The van der Waals surface area contributed by atoms with Crippen LogP contribution in [0.1, 0.15) is 6.92 Å². The Balaban J connectivity index is 2.58. The van der Waals surface area contributed by atoms with Gasteiger partial charge in [-0.15, -0.1) is 0 Å². The highest BCUT2D eigenvalue weighted by atomic mass is 31.2. The summed E-state index contributed by atoms with van der Waals surface area (Å²) in [4.78, 5) is 11.2. The van der Waals surface area contributed by atoms with Crippen LogP contribution in [0.2, 0.25) is 0 Å². The van der Waals surface area contributed by atoms with Crippen LogP contribution in [-0.4, -0.2) is 28.8 Å². The Bertz CT molecular complexity index is 914. The Labute approximate surface area is 155 Å². The van der Waals surface area contributed by atoms with Crippen LogP contribution < -0.4 is 9.05 Å². The third-order valence-corrected chi connectivity index (χ3v) is 5.62. The molecule has 1 N–H and O–H groups in total. The highest BCUT2D eigenvalue weighted by Crippen LogP contribution is 2.53. The lowest BCUT2D eigenvalue weighted by Gasteiger charge is -2.29. The third-order valence-electron chi connectivity index (χ3n) is 3.64. The van der Waals surface area contributed by atoms with Gasteiger partial charge in [-0.05, 0) is 19.1 Å². The molecule has 2 atom stereocenters. The summed E-state index contributed by atoms with van der Waals surface area (Å²) in [6.07, 6.45) is 0. The molecule has 0 aliphatic rings. The summed E-state index contributed by atoms with van der Waals surface area (Å²) in [5.41, 5.74) is 0. The molecule has 2 aromatic carbocycles. The quantitative estimate of drug-likeness (QED) is 0.308. The zero-order valence-corrected chi connectivity index (χ0v) is 15.2. The van der Waals surface area contributed by atoms with Gasteiger partial charge in [0.2, 0.25) is 34.8 Å². The van der Waals surface area contributed by atoms with E-state index in [1.165, 1.54) is 24.3 Å². The van der Waals surface area contributed by atoms with Crippen LogP contribution in [0.15, 0.2) is 30.3 Å². The van der Waals surface area contributed by atoms with Gasteiger partial charge >= 0.3 is 13.7 Å². The molecule has 0 amide bonds. The van der Waals surface area contributed by atoms with Crippen molar-refractivity contribution in [2.75, 3.05) is 7.05 Å². The van der Waals surface area contributed by atoms with Gasteiger partial charge in [0.1, 0.15) is 11.8 Å². The molecule has 0 bridgehead atoms. The molecule has 0 radical (unpaired) electrons. The van der Waals surface area contributed by atoms with Gasteiger partial charge in [-0.3, -0.25) is 4.79 Å². The van der Waals surface area contributed by atoms with Gasteiger partial charge in [0.25, 0.3) is 0 Å². The Morgan fingerprint density at radius 1 is 0.964 bits per heavy atom. The molecule has 2 rings (SSSR count). The highest BCUT2D eigenvalue weighted by Gasteiger charge is 2.43. The summed E-state index contributed by atoms with van der Waals surface area (Å²) in [6, 6.07) is 5.35. The normalized spacial score (nSPS) is 14.4. The number of aliphatic carboxylic acids is 1. The molecule has 0 aliphatic heterocycles. The first-order valence-electron chi connectivity index (χ1n) is 7.51. The van der Waals surface area contributed by atoms with Crippen LogP contribution in [0, 0.1) is 29.1 Å². The van der Waals surface area contributed by atoms with E-state index < -0.39 is 54.6 Å². The predicted octanol–water partition coefficient (Wildman–Crippen LogP) is 4.35. The molecule has 2 aromatic rings. The minimum Gasteiger partial charge on any atom is -0.480 e. The second-order valence-corrected chi connectivity index (χ2v) is 7.38. The van der Waals surface area contributed by atoms with Crippen molar-refractivity contribution in [2.24, 2.45) is 0 Å². The lowest BCUT2D eigenvalue weighted by atomic mass is 10.3. The van der Waals surface area contributed by atoms with Gasteiger partial charge in [0.15, 0.2) is 0 Å². The molecule has 28 heavy (non-hydrogen) atoms. The molecule has 0 saturated heterocycles. The number of carboxylic acids is 1. The number of hydrogen-bond donors (Lipinski definition) is 1. The molecule has 0 fully saturated rings. The summed E-state index contributed by atoms with van der Waals surface area (Å²) in [5.74, 6) is -15.4. The lowest BCUT2D eigenvalue weighted by molar-refractivity contribution is -0.140. The van der Waals surface area contributed by atoms with Gasteiger partial charge in [0.05, 0.1) is 0 Å². The first-order chi connectivity index (χ1) is 13.0. The van der Waals surface area contributed by atoms with Gasteiger partial charge in [0, 0.05) is 7.05 Å². The summed E-state index contributed by atoms with van der Waals surface area (Å²) >= 11 is 0. The summed E-state index contributed by atoms with van der Waals surface area (Å²) in [5, 5.41) is 9.09. The van der Waals surface area contributed by atoms with Gasteiger partial charge in [-0.25, -0.2) is 17.7 Å². The highest BCUT2D eigenvalue weighted by molar-refractivity contribution is 7.52. The summed E-state index contributed by atoms with van der Waals surface area (Å²) in [6.45, 7) is 1.05. The van der Waals surface area contributed by atoms with Crippen LogP contribution >= 0.6 is 7.75 Å². The van der Waals surface area contributed by atoms with E-state index in [2.05, 4.69) is 4.52 Å². The van der Waals surface area contributed by atoms with Gasteiger partial charge in [-0.2, -0.15) is 13.5 Å². The minimum atomic E-state index is -4.96. The van der Waals surface area contributed by atoms with Crippen molar-refractivity contribution < 1.29 is 45.5 Å². The van der Waals surface area contributed by atoms with Crippen LogP contribution in [0.4, 0.5) is 22.0 Å². The Kier molecular flexibility index (Phi) is 6.30. The lowest BCUT2D eigenvalue weighted by Crippen LogP contribution is -2.36. The number of rotatable bonds is 7.